The molecule has 3 heterocycles. The zero-order chi connectivity index (χ0) is 27.5. The predicted molar refractivity (Wildman–Crippen MR) is 140 cm³/mol. The maximum atomic E-state index is 13.6. The Morgan fingerprint density at radius 1 is 1.21 bits per heavy atom. The van der Waals surface area contributed by atoms with E-state index in [1.54, 1.807) is 17.9 Å². The summed E-state index contributed by atoms with van der Waals surface area (Å²) in [5.74, 6) is -1.24. The average Bonchev–Trinajstić information content (AvgIpc) is 3.09. The molecule has 3 saturated heterocycles. The summed E-state index contributed by atoms with van der Waals surface area (Å²) in [6.45, 7) is 8.31. The van der Waals surface area contributed by atoms with Crippen molar-refractivity contribution in [3.63, 3.8) is 0 Å². The molecule has 4 rings (SSSR count). The third-order valence-corrected chi connectivity index (χ3v) is 7.61. The van der Waals surface area contributed by atoms with Gasteiger partial charge in [-0.05, 0) is 71.2 Å². The molecule has 1 aromatic carbocycles. The van der Waals surface area contributed by atoms with Gasteiger partial charge in [0.15, 0.2) is 6.61 Å². The van der Waals surface area contributed by atoms with Crippen molar-refractivity contribution in [2.45, 2.75) is 64.5 Å². The van der Waals surface area contributed by atoms with Crippen LogP contribution in [0.15, 0.2) is 18.2 Å². The van der Waals surface area contributed by atoms with E-state index >= 15 is 0 Å². The van der Waals surface area contributed by atoms with Crippen molar-refractivity contribution in [1.29, 1.82) is 0 Å². The van der Waals surface area contributed by atoms with Crippen LogP contribution < -0.4 is 44.9 Å². The van der Waals surface area contributed by atoms with Crippen LogP contribution in [0.2, 0.25) is 0 Å². The molecular weight excluding hydrogens is 515 g/mol. The van der Waals surface area contributed by atoms with Gasteiger partial charge in [0, 0.05) is 38.6 Å². The predicted octanol–water partition coefficient (Wildman–Crippen LogP) is -0.180. The van der Waals surface area contributed by atoms with Crippen LogP contribution in [0.1, 0.15) is 64.7 Å². The smallest absolute Gasteiger partial charge is 1.00 e. The maximum Gasteiger partial charge on any atom is 1.00 e. The number of piperidine rings is 2. The minimum atomic E-state index is -1.13. The standard InChI is InChI=1S/C27H38N4O7.Na.H/c1-4-28-25(36)29-21-7-6-19(37-15-22(32)33)14-20(21)23(34)30-12-8-18(9-13-30)31-11-5-10-27(17-31)16-26(2,3)38-24(27)35;;/h6-7,14,18H,4-5,8-13,15-17H2,1-3H3,(H,32,33)(H2,28,29,36);;/q;+1;-1. The van der Waals surface area contributed by atoms with Crippen molar-refractivity contribution in [2.75, 3.05) is 44.6 Å². The van der Waals surface area contributed by atoms with E-state index in [2.05, 4.69) is 15.5 Å². The number of cyclic esters (lactones) is 1. The van der Waals surface area contributed by atoms with Gasteiger partial charge in [0.1, 0.15) is 11.4 Å². The second kappa shape index (κ2) is 12.9. The molecule has 3 amide bonds. The van der Waals surface area contributed by atoms with Crippen LogP contribution in [-0.4, -0.2) is 89.8 Å². The minimum absolute atomic E-state index is 0. The van der Waals surface area contributed by atoms with Crippen molar-refractivity contribution >= 4 is 29.6 Å². The Labute approximate surface area is 252 Å². The van der Waals surface area contributed by atoms with E-state index in [4.69, 9.17) is 14.6 Å². The topological polar surface area (TPSA) is 138 Å². The minimum Gasteiger partial charge on any atom is -1.00 e. The van der Waals surface area contributed by atoms with Crippen molar-refractivity contribution in [2.24, 2.45) is 5.41 Å². The molecule has 12 heteroatoms. The number of carbonyl (C=O) groups is 4. The first-order valence-corrected chi connectivity index (χ1v) is 13.3. The zero-order valence-electron chi connectivity index (χ0n) is 24.4. The maximum absolute atomic E-state index is 13.6. The second-order valence-corrected chi connectivity index (χ2v) is 11.1. The number of carboxylic acids is 1. The van der Waals surface area contributed by atoms with Gasteiger partial charge in [-0.2, -0.15) is 0 Å². The SMILES string of the molecule is CCNC(=O)Nc1ccc(OCC(=O)O)cc1C(=O)N1CCC(N2CCCC3(C2)CC(C)(C)OC3=O)CC1.[H-].[Na+]. The summed E-state index contributed by atoms with van der Waals surface area (Å²) >= 11 is 0. The summed E-state index contributed by atoms with van der Waals surface area (Å²) in [6.07, 6.45) is 4.07. The van der Waals surface area contributed by atoms with Crippen molar-refractivity contribution in [1.82, 2.24) is 15.1 Å². The van der Waals surface area contributed by atoms with Gasteiger partial charge >= 0.3 is 47.5 Å². The fourth-order valence-corrected chi connectivity index (χ4v) is 6.05. The fraction of sp³-hybridized carbons (Fsp3) is 0.630. The van der Waals surface area contributed by atoms with Crippen LogP contribution in [0, 0.1) is 5.41 Å². The van der Waals surface area contributed by atoms with Gasteiger partial charge in [-0.1, -0.05) is 0 Å². The second-order valence-electron chi connectivity index (χ2n) is 11.1. The van der Waals surface area contributed by atoms with Crippen LogP contribution in [-0.2, 0) is 14.3 Å². The van der Waals surface area contributed by atoms with Gasteiger partial charge in [-0.3, -0.25) is 14.5 Å². The summed E-state index contributed by atoms with van der Waals surface area (Å²) in [7, 11) is 0. The van der Waals surface area contributed by atoms with E-state index in [0.29, 0.717) is 31.9 Å². The molecule has 0 aromatic heterocycles. The van der Waals surface area contributed by atoms with E-state index in [1.165, 1.54) is 12.1 Å². The van der Waals surface area contributed by atoms with Gasteiger partial charge in [0.05, 0.1) is 16.7 Å². The molecular formula is C27H39N4NaO7. The fourth-order valence-electron chi connectivity index (χ4n) is 6.05. The first-order valence-electron chi connectivity index (χ1n) is 13.3. The van der Waals surface area contributed by atoms with E-state index in [0.717, 1.165) is 38.6 Å². The molecule has 39 heavy (non-hydrogen) atoms. The van der Waals surface area contributed by atoms with Gasteiger partial charge in [-0.15, -0.1) is 0 Å². The number of hydrogen-bond donors (Lipinski definition) is 3. The van der Waals surface area contributed by atoms with Crippen LogP contribution in [0.4, 0.5) is 10.5 Å². The molecule has 0 radical (unpaired) electrons. The number of nitrogens with zero attached hydrogens (tertiary/aromatic N) is 2. The summed E-state index contributed by atoms with van der Waals surface area (Å²) in [5, 5.41) is 14.3. The summed E-state index contributed by atoms with van der Waals surface area (Å²) < 4.78 is 10.9. The Hall–Kier alpha value is -2.34. The number of carboxylic acid groups (broad SMARTS) is 1. The molecule has 1 aromatic rings. The van der Waals surface area contributed by atoms with Gasteiger partial charge in [-0.25, -0.2) is 9.59 Å². The number of likely N-dealkylation sites (tertiary alicyclic amines) is 2. The molecule has 0 bridgehead atoms. The quantitative estimate of drug-likeness (QED) is 0.312. The number of benzene rings is 1. The van der Waals surface area contributed by atoms with Crippen molar-refractivity contribution in [3.05, 3.63) is 23.8 Å². The van der Waals surface area contributed by atoms with Crippen LogP contribution in [0.3, 0.4) is 0 Å². The van der Waals surface area contributed by atoms with E-state index in [-0.39, 0.29) is 60.2 Å². The summed E-state index contributed by atoms with van der Waals surface area (Å²) in [5.41, 5.74) is -0.306. The molecule has 1 spiro atoms. The largest absolute Gasteiger partial charge is 1.00 e. The Balaban J connectivity index is 0.00000280. The third-order valence-electron chi connectivity index (χ3n) is 7.61. The van der Waals surface area contributed by atoms with Crippen LogP contribution >= 0.6 is 0 Å². The van der Waals surface area contributed by atoms with Gasteiger partial charge in [0.2, 0.25) is 0 Å². The molecule has 3 aliphatic heterocycles. The van der Waals surface area contributed by atoms with Gasteiger partial charge < -0.3 is 31.5 Å². The average molecular weight is 555 g/mol. The Bertz CT molecular complexity index is 1100. The molecule has 0 saturated carbocycles. The van der Waals surface area contributed by atoms with E-state index in [1.807, 2.05) is 13.8 Å². The molecule has 1 atom stereocenters. The normalized spacial score (nSPS) is 23.1. The molecule has 210 valence electrons. The number of rotatable bonds is 7. The first kappa shape index (κ1) is 31.2. The number of amides is 3. The molecule has 3 N–H and O–H groups in total. The number of aliphatic carboxylic acids is 1. The molecule has 11 nitrogen and oxygen atoms in total. The monoisotopic (exact) mass is 554 g/mol. The Kier molecular flexibility index (Phi) is 10.3. The number of carbonyl (C=O) groups excluding carboxylic acids is 3. The number of ether oxygens (including phenoxy) is 2. The Morgan fingerprint density at radius 3 is 2.54 bits per heavy atom. The van der Waals surface area contributed by atoms with Crippen molar-refractivity contribution < 1.29 is 64.7 Å². The molecule has 3 aliphatic rings. The number of urea groups is 1. The van der Waals surface area contributed by atoms with E-state index < -0.39 is 29.6 Å². The Morgan fingerprint density at radius 2 is 1.92 bits per heavy atom. The molecule has 0 aliphatic carbocycles. The number of nitrogens with one attached hydrogen (secondary N) is 2. The zero-order valence-corrected chi connectivity index (χ0v) is 25.4. The number of anilines is 1. The third kappa shape index (κ3) is 7.45. The number of esters is 1. The summed E-state index contributed by atoms with van der Waals surface area (Å²) in [6, 6.07) is 4.37. The van der Waals surface area contributed by atoms with E-state index in [9.17, 15) is 19.2 Å². The van der Waals surface area contributed by atoms with Crippen molar-refractivity contribution in [3.8, 4) is 5.75 Å². The number of hydrogen-bond acceptors (Lipinski definition) is 7. The summed E-state index contributed by atoms with van der Waals surface area (Å²) in [4.78, 5) is 53.6. The first-order chi connectivity index (χ1) is 18.0. The molecule has 3 fully saturated rings. The van der Waals surface area contributed by atoms with Crippen LogP contribution in [0.5, 0.6) is 5.75 Å². The van der Waals surface area contributed by atoms with Crippen LogP contribution in [0.25, 0.3) is 0 Å². The van der Waals surface area contributed by atoms with Gasteiger partial charge in [0.25, 0.3) is 5.91 Å². The molecule has 1 unspecified atom stereocenters.